The number of carbonyl (C=O) groups is 1. The van der Waals surface area contributed by atoms with E-state index in [1.165, 1.54) is 14.0 Å². The van der Waals surface area contributed by atoms with Crippen LogP contribution in [0.1, 0.15) is 41.0 Å². The van der Waals surface area contributed by atoms with Gasteiger partial charge < -0.3 is 52.1 Å². The molecule has 62 heavy (non-hydrogen) atoms. The third-order valence-electron chi connectivity index (χ3n) is 11.0. The molecular formula is C50H54O12. The summed E-state index contributed by atoms with van der Waals surface area (Å²) in [6.07, 6.45) is -9.50. The van der Waals surface area contributed by atoms with Crippen molar-refractivity contribution >= 4 is 5.97 Å². The lowest BCUT2D eigenvalue weighted by Gasteiger charge is -2.51. The molecule has 0 saturated carbocycles. The maximum Gasteiger partial charge on any atom is 0.303 e. The minimum Gasteiger partial charge on any atom is -0.457 e. The molecular weight excluding hydrogens is 793 g/mol. The minimum atomic E-state index is -1.15. The molecule has 0 spiro atoms. The zero-order chi connectivity index (χ0) is 42.5. The van der Waals surface area contributed by atoms with Gasteiger partial charge in [0.1, 0.15) is 36.6 Å². The number of fused-ring (bicyclic) bond motifs is 1. The maximum atomic E-state index is 12.9. The lowest BCUT2D eigenvalue weighted by Crippen LogP contribution is -2.67. The van der Waals surface area contributed by atoms with Crippen LogP contribution in [0.3, 0.4) is 0 Å². The van der Waals surface area contributed by atoms with E-state index in [2.05, 4.69) is 0 Å². The molecule has 3 heterocycles. The van der Waals surface area contributed by atoms with Crippen molar-refractivity contribution in [3.05, 3.63) is 179 Å². The van der Waals surface area contributed by atoms with Gasteiger partial charge in [-0.1, -0.05) is 152 Å². The molecule has 5 aromatic rings. The zero-order valence-corrected chi connectivity index (χ0v) is 34.9. The number of hydrogen-bond donors (Lipinski definition) is 0. The van der Waals surface area contributed by atoms with Crippen molar-refractivity contribution in [1.29, 1.82) is 0 Å². The summed E-state index contributed by atoms with van der Waals surface area (Å²) in [5, 5.41) is 0. The topological polar surface area (TPSA) is 119 Å². The molecule has 8 rings (SSSR count). The Kier molecular flexibility index (Phi) is 15.5. The van der Waals surface area contributed by atoms with Crippen molar-refractivity contribution in [2.75, 3.05) is 20.3 Å². The molecule has 3 fully saturated rings. The van der Waals surface area contributed by atoms with Crippen LogP contribution in [-0.4, -0.2) is 87.7 Å². The average molecular weight is 847 g/mol. The summed E-state index contributed by atoms with van der Waals surface area (Å²) in [4.78, 5) is 12.9. The minimum absolute atomic E-state index is 0.122. The summed E-state index contributed by atoms with van der Waals surface area (Å²) in [5.74, 6) is -0.530. The van der Waals surface area contributed by atoms with E-state index in [1.807, 2.05) is 152 Å². The number of rotatable bonds is 18. The van der Waals surface area contributed by atoms with E-state index in [9.17, 15) is 4.79 Å². The van der Waals surface area contributed by atoms with Gasteiger partial charge >= 0.3 is 5.97 Å². The predicted octanol–water partition coefficient (Wildman–Crippen LogP) is 7.49. The molecule has 12 nitrogen and oxygen atoms in total. The number of hydrogen-bond acceptors (Lipinski definition) is 12. The van der Waals surface area contributed by atoms with Crippen LogP contribution in [0.4, 0.5) is 0 Å². The van der Waals surface area contributed by atoms with Gasteiger partial charge in [-0.05, 0) is 22.3 Å². The Balaban J connectivity index is 1.15. The smallest absolute Gasteiger partial charge is 0.303 e. The molecule has 0 radical (unpaired) electrons. The molecule has 11 atom stereocenters. The third-order valence-corrected chi connectivity index (χ3v) is 11.0. The van der Waals surface area contributed by atoms with Crippen LogP contribution in [0.2, 0.25) is 0 Å². The van der Waals surface area contributed by atoms with Crippen LogP contribution in [0.15, 0.2) is 152 Å². The van der Waals surface area contributed by atoms with Crippen molar-refractivity contribution in [3.63, 3.8) is 0 Å². The van der Waals surface area contributed by atoms with Gasteiger partial charge in [0.05, 0.1) is 39.6 Å². The fourth-order valence-corrected chi connectivity index (χ4v) is 8.00. The first-order valence-electron chi connectivity index (χ1n) is 21.1. The first-order valence-corrected chi connectivity index (χ1v) is 21.1. The summed E-state index contributed by atoms with van der Waals surface area (Å²) < 4.78 is 72.2. The van der Waals surface area contributed by atoms with Crippen molar-refractivity contribution in [2.45, 2.75) is 101 Å². The SMILES string of the molecule is CO[C@H]1O[C@@H]2COC(c3ccccc3)O[C@H]2[C@H](OC(C)=O)[C@H]1OC1O[C@H](COCc2ccccc2)[C@@H](OCc2ccccc2)[C@H](OCc2ccccc2)[C@H]1OCc1ccccc1. The van der Waals surface area contributed by atoms with E-state index in [4.69, 9.17) is 52.1 Å². The quantitative estimate of drug-likeness (QED) is 0.0814. The van der Waals surface area contributed by atoms with E-state index >= 15 is 0 Å². The van der Waals surface area contributed by atoms with E-state index in [-0.39, 0.29) is 33.0 Å². The van der Waals surface area contributed by atoms with Crippen molar-refractivity contribution < 1.29 is 56.9 Å². The van der Waals surface area contributed by atoms with E-state index < -0.39 is 73.7 Å². The van der Waals surface area contributed by atoms with Gasteiger partial charge in [0.2, 0.25) is 0 Å². The van der Waals surface area contributed by atoms with Gasteiger partial charge in [0, 0.05) is 19.6 Å². The van der Waals surface area contributed by atoms with Gasteiger partial charge in [-0.15, -0.1) is 0 Å². The first kappa shape index (κ1) is 43.8. The zero-order valence-electron chi connectivity index (χ0n) is 34.9. The van der Waals surface area contributed by atoms with E-state index in [0.717, 1.165) is 27.8 Å². The fourth-order valence-electron chi connectivity index (χ4n) is 8.00. The van der Waals surface area contributed by atoms with Crippen LogP contribution in [0.5, 0.6) is 0 Å². The molecule has 5 aromatic carbocycles. The van der Waals surface area contributed by atoms with E-state index in [1.54, 1.807) is 0 Å². The predicted molar refractivity (Wildman–Crippen MR) is 226 cm³/mol. The Morgan fingerprint density at radius 2 is 1.05 bits per heavy atom. The monoisotopic (exact) mass is 846 g/mol. The summed E-state index contributed by atoms with van der Waals surface area (Å²) >= 11 is 0. The second kappa shape index (κ2) is 22.0. The Labute approximate surface area is 362 Å². The van der Waals surface area contributed by atoms with Gasteiger partial charge in [-0.3, -0.25) is 4.79 Å². The lowest BCUT2D eigenvalue weighted by atomic mass is 9.95. The van der Waals surface area contributed by atoms with Crippen molar-refractivity contribution in [3.8, 4) is 0 Å². The molecule has 0 aliphatic carbocycles. The molecule has 0 aromatic heterocycles. The highest BCUT2D eigenvalue weighted by molar-refractivity contribution is 5.66. The largest absolute Gasteiger partial charge is 0.457 e. The Hall–Kier alpha value is -4.83. The van der Waals surface area contributed by atoms with Gasteiger partial charge in [0.25, 0.3) is 0 Å². The van der Waals surface area contributed by atoms with Gasteiger partial charge in [-0.2, -0.15) is 0 Å². The van der Waals surface area contributed by atoms with Gasteiger partial charge in [0.15, 0.2) is 31.1 Å². The Morgan fingerprint density at radius 1 is 0.548 bits per heavy atom. The average Bonchev–Trinajstić information content (AvgIpc) is 3.32. The maximum absolute atomic E-state index is 12.9. The molecule has 3 saturated heterocycles. The number of methoxy groups -OCH3 is 1. The van der Waals surface area contributed by atoms with Crippen LogP contribution < -0.4 is 0 Å². The number of benzene rings is 5. The molecule has 0 bridgehead atoms. The first-order chi connectivity index (χ1) is 30.5. The molecule has 326 valence electrons. The number of carbonyl (C=O) groups excluding carboxylic acids is 1. The van der Waals surface area contributed by atoms with Crippen molar-refractivity contribution in [1.82, 2.24) is 0 Å². The molecule has 3 aliphatic rings. The highest BCUT2D eigenvalue weighted by atomic mass is 16.8. The number of ether oxygens (including phenoxy) is 11. The molecule has 3 aliphatic heterocycles. The molecule has 2 unspecified atom stereocenters. The normalized spacial score (nSPS) is 28.5. The third kappa shape index (κ3) is 11.4. The summed E-state index contributed by atoms with van der Waals surface area (Å²) in [5.41, 5.74) is 4.68. The van der Waals surface area contributed by atoms with Crippen molar-refractivity contribution in [2.24, 2.45) is 0 Å². The molecule has 12 heteroatoms. The van der Waals surface area contributed by atoms with E-state index in [0.29, 0.717) is 6.61 Å². The van der Waals surface area contributed by atoms with Crippen LogP contribution in [-0.2, 0) is 83.3 Å². The standard InChI is InChI=1S/C50H54O12/c1-34(51)58-45-43-41(33-57-48(61-43)39-26-16-7-17-27-39)59-49(52-2)47(45)62-50-46(56-31-38-24-14-6-15-25-38)44(55-30-37-22-12-5-13-23-37)42(54-29-36-20-10-4-11-21-36)40(60-50)32-53-28-35-18-8-3-9-19-35/h3-27,40-50H,28-33H2,1-2H3/t40-,41-,42-,43-,44+,45+,46-,47-,48?,49+,50?/m1/s1. The Bertz CT molecular complexity index is 2060. The molecule has 0 N–H and O–H groups in total. The summed E-state index contributed by atoms with van der Waals surface area (Å²) in [7, 11) is 1.51. The summed E-state index contributed by atoms with van der Waals surface area (Å²) in [6, 6.07) is 49.2. The second-order valence-electron chi connectivity index (χ2n) is 15.5. The van der Waals surface area contributed by atoms with Gasteiger partial charge in [-0.25, -0.2) is 0 Å². The fraction of sp³-hybridized carbons (Fsp3) is 0.380. The highest BCUT2D eigenvalue weighted by Gasteiger charge is 2.56. The number of esters is 1. The second-order valence-corrected chi connectivity index (χ2v) is 15.5. The highest BCUT2D eigenvalue weighted by Crippen LogP contribution is 2.39. The lowest BCUT2D eigenvalue weighted by molar-refractivity contribution is -0.396. The summed E-state index contributed by atoms with van der Waals surface area (Å²) in [6.45, 7) is 2.69. The van der Waals surface area contributed by atoms with Crippen LogP contribution in [0.25, 0.3) is 0 Å². The van der Waals surface area contributed by atoms with Crippen LogP contribution >= 0.6 is 0 Å². The Morgan fingerprint density at radius 3 is 1.58 bits per heavy atom. The molecule has 0 amide bonds. The van der Waals surface area contributed by atoms with Crippen LogP contribution in [0, 0.1) is 0 Å².